The van der Waals surface area contributed by atoms with E-state index >= 15 is 0 Å². The molecular weight excluding hydrogens is 487 g/mol. The Balaban J connectivity index is 1.95. The minimum atomic E-state index is -3.89. The summed E-state index contributed by atoms with van der Waals surface area (Å²) in [4.78, 5) is 24.7. The first-order valence-corrected chi connectivity index (χ1v) is 14.4. The number of hydrogen-bond donors (Lipinski definition) is 2. The van der Waals surface area contributed by atoms with E-state index in [1.165, 1.54) is 0 Å². The minimum absolute atomic E-state index is 0.419. The summed E-state index contributed by atoms with van der Waals surface area (Å²) >= 11 is 0. The first-order valence-electron chi connectivity index (χ1n) is 12.7. The smallest absolute Gasteiger partial charge is 0.341 e. The third-order valence-electron chi connectivity index (χ3n) is 6.92. The first kappa shape index (κ1) is 26.6. The topological polar surface area (TPSA) is 90.1 Å². The largest absolute Gasteiger partial charge is 0.482 e. The van der Waals surface area contributed by atoms with E-state index in [2.05, 4.69) is 37.2 Å². The van der Waals surface area contributed by atoms with Gasteiger partial charge in [-0.05, 0) is 80.3 Å². The number of carbonyl (C=O) groups is 1. The summed E-state index contributed by atoms with van der Waals surface area (Å²) in [6, 6.07) is 13.0. The van der Waals surface area contributed by atoms with E-state index in [-0.39, 0.29) is 0 Å². The first-order chi connectivity index (χ1) is 17.7. The highest BCUT2D eigenvalue weighted by Gasteiger charge is 2.40. The van der Waals surface area contributed by atoms with Gasteiger partial charge in [0.15, 0.2) is 6.61 Å². The van der Waals surface area contributed by atoms with Gasteiger partial charge in [-0.2, -0.15) is 0 Å². The van der Waals surface area contributed by atoms with Crippen molar-refractivity contribution in [3.63, 3.8) is 0 Å². The highest BCUT2D eigenvalue weighted by atomic mass is 31.2. The molecule has 7 nitrogen and oxygen atoms in total. The Morgan fingerprint density at radius 1 is 1.00 bits per heavy atom. The summed E-state index contributed by atoms with van der Waals surface area (Å²) < 4.78 is 21.7. The standard InChI is InChI=1S/C29H33N2O5P/c1-5-30(6-2)21-11-15-24-26(17-21)37(34,35)27-18-22(31(7-3)8-4)12-16-25(27)29(24)20-9-13-23(14-10-20)36-19-28(32)33/h9-18H,5-8,19H2,1-4H3,(H-,32,33,34,35)/p+1. The third kappa shape index (κ3) is 5.07. The summed E-state index contributed by atoms with van der Waals surface area (Å²) in [6.07, 6.45) is 5.81. The SMILES string of the molecule is CCN(CC)c1ccc2c(c1)P(=O)(O)C1=CC(=[N+](CC)CC)C=CC1=C2c1ccc(OCC(=O)O)cc1. The van der Waals surface area contributed by atoms with Gasteiger partial charge in [0.25, 0.3) is 7.37 Å². The molecule has 194 valence electrons. The van der Waals surface area contributed by atoms with Gasteiger partial charge in [0.05, 0.1) is 10.6 Å². The Kier molecular flexibility index (Phi) is 7.86. The van der Waals surface area contributed by atoms with E-state index in [1.807, 2.05) is 48.6 Å². The molecule has 1 unspecified atom stereocenters. The van der Waals surface area contributed by atoms with E-state index in [0.29, 0.717) is 16.4 Å². The van der Waals surface area contributed by atoms with Gasteiger partial charge in [-0.25, -0.2) is 9.37 Å². The van der Waals surface area contributed by atoms with Crippen LogP contribution >= 0.6 is 7.37 Å². The van der Waals surface area contributed by atoms with Gasteiger partial charge in [-0.3, -0.25) is 4.57 Å². The number of carboxylic acid groups (broad SMARTS) is 1. The van der Waals surface area contributed by atoms with E-state index in [9.17, 15) is 14.3 Å². The predicted molar refractivity (Wildman–Crippen MR) is 149 cm³/mol. The maximum absolute atomic E-state index is 14.2. The molecule has 1 aliphatic carbocycles. The number of benzene rings is 2. The van der Waals surface area contributed by atoms with Crippen LogP contribution in [0.15, 0.2) is 71.6 Å². The quantitative estimate of drug-likeness (QED) is 0.369. The van der Waals surface area contributed by atoms with Crippen molar-refractivity contribution in [2.75, 3.05) is 37.7 Å². The van der Waals surface area contributed by atoms with Crippen LogP contribution in [0.1, 0.15) is 38.8 Å². The lowest BCUT2D eigenvalue weighted by molar-refractivity contribution is -0.519. The van der Waals surface area contributed by atoms with E-state index in [4.69, 9.17) is 9.84 Å². The molecule has 0 saturated heterocycles. The highest BCUT2D eigenvalue weighted by Crippen LogP contribution is 2.59. The lowest BCUT2D eigenvalue weighted by Crippen LogP contribution is -2.27. The number of anilines is 1. The van der Waals surface area contributed by atoms with Crippen molar-refractivity contribution >= 4 is 35.6 Å². The maximum atomic E-state index is 14.2. The molecule has 0 fully saturated rings. The molecule has 2 aromatic rings. The van der Waals surface area contributed by atoms with Crippen molar-refractivity contribution in [2.24, 2.45) is 0 Å². The second-order valence-corrected chi connectivity index (χ2v) is 11.0. The van der Waals surface area contributed by atoms with Crippen LogP contribution < -0.4 is 14.9 Å². The van der Waals surface area contributed by atoms with Crippen molar-refractivity contribution in [1.82, 2.24) is 0 Å². The molecule has 0 aromatic heterocycles. The normalized spacial score (nSPS) is 18.2. The van der Waals surface area contributed by atoms with Crippen LogP contribution in [0.5, 0.6) is 5.75 Å². The van der Waals surface area contributed by atoms with Gasteiger partial charge in [-0.15, -0.1) is 0 Å². The van der Waals surface area contributed by atoms with Crippen LogP contribution in [0.25, 0.3) is 5.57 Å². The summed E-state index contributed by atoms with van der Waals surface area (Å²) in [5, 5.41) is 9.77. The van der Waals surface area contributed by atoms with E-state index in [0.717, 1.165) is 59.9 Å². The van der Waals surface area contributed by atoms with Gasteiger partial charge < -0.3 is 19.6 Å². The Morgan fingerprint density at radius 3 is 2.27 bits per heavy atom. The monoisotopic (exact) mass is 521 g/mol. The number of ether oxygens (including phenoxy) is 1. The Morgan fingerprint density at radius 2 is 1.68 bits per heavy atom. The van der Waals surface area contributed by atoms with E-state index in [1.54, 1.807) is 12.1 Å². The predicted octanol–water partition coefficient (Wildman–Crippen LogP) is 4.65. The van der Waals surface area contributed by atoms with Crippen LogP contribution in [0.2, 0.25) is 0 Å². The molecule has 8 heteroatoms. The molecule has 1 heterocycles. The molecule has 2 aromatic carbocycles. The van der Waals surface area contributed by atoms with Gasteiger partial charge in [-0.1, -0.05) is 18.2 Å². The average Bonchev–Trinajstić information content (AvgIpc) is 2.90. The molecule has 2 aliphatic rings. The zero-order valence-corrected chi connectivity index (χ0v) is 22.7. The lowest BCUT2D eigenvalue weighted by atomic mass is 9.89. The van der Waals surface area contributed by atoms with Crippen molar-refractivity contribution < 1.29 is 28.7 Å². The fourth-order valence-electron chi connectivity index (χ4n) is 4.98. The van der Waals surface area contributed by atoms with Crippen LogP contribution in [0.4, 0.5) is 5.69 Å². The van der Waals surface area contributed by atoms with E-state index < -0.39 is 19.9 Å². The molecule has 0 spiro atoms. The minimum Gasteiger partial charge on any atom is -0.482 e. The van der Waals surface area contributed by atoms with Crippen LogP contribution in [0, 0.1) is 0 Å². The molecule has 37 heavy (non-hydrogen) atoms. The summed E-state index contributed by atoms with van der Waals surface area (Å²) in [5.41, 5.74) is 5.01. The fourth-order valence-corrected chi connectivity index (χ4v) is 6.88. The number of rotatable bonds is 9. The van der Waals surface area contributed by atoms with Gasteiger partial charge in [0.2, 0.25) is 5.71 Å². The Labute approximate surface area is 218 Å². The third-order valence-corrected chi connectivity index (χ3v) is 8.96. The van der Waals surface area contributed by atoms with Crippen molar-refractivity contribution in [3.8, 4) is 5.75 Å². The molecular formula is C29H34N2O5P+. The van der Waals surface area contributed by atoms with Crippen LogP contribution in [0.3, 0.4) is 0 Å². The number of nitrogens with zero attached hydrogens (tertiary/aromatic N) is 2. The molecule has 0 radical (unpaired) electrons. The number of aliphatic carboxylic acids is 1. The molecule has 4 rings (SSSR count). The lowest BCUT2D eigenvalue weighted by Gasteiger charge is -2.31. The molecule has 0 bridgehead atoms. The summed E-state index contributed by atoms with van der Waals surface area (Å²) in [7, 11) is -3.89. The Hall–Kier alpha value is -3.41. The Bertz CT molecular complexity index is 1380. The zero-order valence-electron chi connectivity index (χ0n) is 21.8. The summed E-state index contributed by atoms with van der Waals surface area (Å²) in [5.74, 6) is -0.593. The van der Waals surface area contributed by atoms with Crippen molar-refractivity contribution in [3.05, 3.63) is 82.7 Å². The second kappa shape index (κ2) is 10.9. The molecule has 1 aliphatic heterocycles. The van der Waals surface area contributed by atoms with Gasteiger partial charge >= 0.3 is 5.97 Å². The molecule has 0 amide bonds. The van der Waals surface area contributed by atoms with Crippen molar-refractivity contribution in [1.29, 1.82) is 0 Å². The second-order valence-electron chi connectivity index (χ2n) is 8.91. The fraction of sp³-hybridized carbons (Fsp3) is 0.310. The number of carboxylic acids is 1. The van der Waals surface area contributed by atoms with Gasteiger partial charge in [0, 0.05) is 30.9 Å². The number of fused-ring (bicyclic) bond motifs is 2. The molecule has 1 atom stereocenters. The number of allylic oxidation sites excluding steroid dienone is 5. The highest BCUT2D eigenvalue weighted by molar-refractivity contribution is 7.71. The average molecular weight is 522 g/mol. The van der Waals surface area contributed by atoms with Crippen molar-refractivity contribution in [2.45, 2.75) is 27.7 Å². The number of hydrogen-bond acceptors (Lipinski definition) is 4. The van der Waals surface area contributed by atoms with Crippen LogP contribution in [-0.2, 0) is 9.36 Å². The van der Waals surface area contributed by atoms with Crippen LogP contribution in [-0.4, -0.2) is 59.0 Å². The molecule has 2 N–H and O–H groups in total. The summed E-state index contributed by atoms with van der Waals surface area (Å²) in [6.45, 7) is 11.0. The maximum Gasteiger partial charge on any atom is 0.341 e. The zero-order chi connectivity index (χ0) is 26.7. The van der Waals surface area contributed by atoms with Gasteiger partial charge in [0.1, 0.15) is 18.8 Å². The molecule has 0 saturated carbocycles.